The third-order valence-corrected chi connectivity index (χ3v) is 6.62. The van der Waals surface area contributed by atoms with Crippen LogP contribution in [0.4, 0.5) is 10.5 Å². The Morgan fingerprint density at radius 2 is 1.70 bits per heavy atom. The van der Waals surface area contributed by atoms with E-state index in [-0.39, 0.29) is 6.54 Å². The van der Waals surface area contributed by atoms with Crippen LogP contribution >= 0.6 is 11.6 Å². The summed E-state index contributed by atoms with van der Waals surface area (Å²) in [5.41, 5.74) is 8.35. The van der Waals surface area contributed by atoms with E-state index in [4.69, 9.17) is 22.1 Å². The van der Waals surface area contributed by atoms with Crippen LogP contribution in [0.15, 0.2) is 36.4 Å². The third-order valence-electron chi connectivity index (χ3n) is 6.31. The van der Waals surface area contributed by atoms with Gasteiger partial charge in [-0.15, -0.1) is 0 Å². The summed E-state index contributed by atoms with van der Waals surface area (Å²) in [6, 6.07) is 8.37. The third kappa shape index (κ3) is 9.26. The average molecular weight is 573 g/mol. The number of hydrogen-bond acceptors (Lipinski definition) is 5. The van der Waals surface area contributed by atoms with E-state index in [0.717, 1.165) is 23.1 Å². The molecule has 0 aliphatic carbocycles. The lowest BCUT2D eigenvalue weighted by atomic mass is 9.97. The highest BCUT2D eigenvalue weighted by atomic mass is 35.5. The fraction of sp³-hybridized carbons (Fsp3) is 0.467. The summed E-state index contributed by atoms with van der Waals surface area (Å²) in [4.78, 5) is 54.1. The Bertz CT molecular complexity index is 1220. The zero-order valence-corrected chi connectivity index (χ0v) is 25.1. The lowest BCUT2D eigenvalue weighted by molar-refractivity contribution is -0.142. The van der Waals surface area contributed by atoms with Crippen LogP contribution in [0, 0.1) is 20.8 Å². The molecule has 0 radical (unpaired) electrons. The van der Waals surface area contributed by atoms with E-state index in [0.29, 0.717) is 22.7 Å². The molecule has 9 nitrogen and oxygen atoms in total. The largest absolute Gasteiger partial charge is 0.444 e. The SMILES string of the molecule is CCCCN(C(=O)C(CC(N)=O)NC(=O)OC(C)(C)C)C(C(=O)Nc1c(C)cccc1Cl)c1ccc(C)c(C)c1. The number of amides is 4. The van der Waals surface area contributed by atoms with Gasteiger partial charge in [-0.3, -0.25) is 14.4 Å². The normalized spacial score (nSPS) is 12.7. The van der Waals surface area contributed by atoms with Crippen LogP contribution in [-0.2, 0) is 19.1 Å². The van der Waals surface area contributed by atoms with Gasteiger partial charge in [-0.1, -0.05) is 55.3 Å². The van der Waals surface area contributed by atoms with Gasteiger partial charge in [-0.25, -0.2) is 4.79 Å². The first kappa shape index (κ1) is 32.6. The van der Waals surface area contributed by atoms with Gasteiger partial charge in [-0.2, -0.15) is 0 Å². The van der Waals surface area contributed by atoms with Crippen molar-refractivity contribution in [2.75, 3.05) is 11.9 Å². The van der Waals surface area contributed by atoms with Crippen molar-refractivity contribution in [1.29, 1.82) is 0 Å². The van der Waals surface area contributed by atoms with Gasteiger partial charge in [0.1, 0.15) is 17.7 Å². The molecule has 0 saturated carbocycles. The van der Waals surface area contributed by atoms with E-state index < -0.39 is 47.9 Å². The molecule has 2 unspecified atom stereocenters. The Morgan fingerprint density at radius 1 is 1.02 bits per heavy atom. The highest BCUT2D eigenvalue weighted by Gasteiger charge is 2.37. The van der Waals surface area contributed by atoms with Gasteiger partial charge in [-0.05, 0) is 76.3 Å². The van der Waals surface area contributed by atoms with Crippen LogP contribution in [0.2, 0.25) is 5.02 Å². The molecule has 0 spiro atoms. The first-order valence-electron chi connectivity index (χ1n) is 13.4. The van der Waals surface area contributed by atoms with Gasteiger partial charge in [0.25, 0.3) is 5.91 Å². The summed E-state index contributed by atoms with van der Waals surface area (Å²) in [6.45, 7) is 12.9. The van der Waals surface area contributed by atoms with Crippen LogP contribution in [0.3, 0.4) is 0 Å². The van der Waals surface area contributed by atoms with E-state index in [1.807, 2.05) is 45.9 Å². The number of hydrogen-bond donors (Lipinski definition) is 3. The number of halogens is 1. The Hall–Kier alpha value is -3.59. The summed E-state index contributed by atoms with van der Waals surface area (Å²) in [7, 11) is 0. The van der Waals surface area contributed by atoms with E-state index >= 15 is 0 Å². The molecule has 2 atom stereocenters. The van der Waals surface area contributed by atoms with Gasteiger partial charge >= 0.3 is 6.09 Å². The van der Waals surface area contributed by atoms with E-state index in [9.17, 15) is 19.2 Å². The molecule has 0 fully saturated rings. The Balaban J connectivity index is 2.61. The number of aryl methyl sites for hydroxylation is 3. The van der Waals surface area contributed by atoms with Crippen LogP contribution < -0.4 is 16.4 Å². The highest BCUT2D eigenvalue weighted by Crippen LogP contribution is 2.30. The van der Waals surface area contributed by atoms with E-state index in [2.05, 4.69) is 10.6 Å². The van der Waals surface area contributed by atoms with Crippen molar-refractivity contribution in [3.8, 4) is 0 Å². The van der Waals surface area contributed by atoms with Gasteiger partial charge < -0.3 is 26.0 Å². The van der Waals surface area contributed by atoms with Crippen molar-refractivity contribution in [3.63, 3.8) is 0 Å². The molecular weight excluding hydrogens is 532 g/mol. The molecule has 4 amide bonds. The maximum absolute atomic E-state index is 14.1. The molecule has 0 aliphatic heterocycles. The van der Waals surface area contributed by atoms with Crippen molar-refractivity contribution >= 4 is 41.1 Å². The number of alkyl carbamates (subject to hydrolysis) is 1. The number of primary amides is 1. The molecule has 2 aromatic rings. The lowest BCUT2D eigenvalue weighted by Gasteiger charge is -2.34. The second-order valence-corrected chi connectivity index (χ2v) is 11.3. The quantitative estimate of drug-likeness (QED) is 0.334. The van der Waals surface area contributed by atoms with Gasteiger partial charge in [0.15, 0.2) is 0 Å². The second-order valence-electron chi connectivity index (χ2n) is 10.9. The number of anilines is 1. The molecule has 0 saturated heterocycles. The molecule has 218 valence electrons. The molecular formula is C30H41ClN4O5. The second kappa shape index (κ2) is 14.2. The fourth-order valence-corrected chi connectivity index (χ4v) is 4.40. The summed E-state index contributed by atoms with van der Waals surface area (Å²) >= 11 is 6.41. The predicted molar refractivity (Wildman–Crippen MR) is 157 cm³/mol. The minimum atomic E-state index is -1.34. The first-order valence-corrected chi connectivity index (χ1v) is 13.7. The first-order chi connectivity index (χ1) is 18.6. The van der Waals surface area contributed by atoms with Crippen LogP contribution in [0.1, 0.15) is 75.3 Å². The Kier molecular flexibility index (Phi) is 11.5. The van der Waals surface area contributed by atoms with Gasteiger partial charge in [0.05, 0.1) is 17.1 Å². The summed E-state index contributed by atoms with van der Waals surface area (Å²) in [5, 5.41) is 5.75. The molecule has 10 heteroatoms. The number of rotatable bonds is 11. The van der Waals surface area contributed by atoms with Gasteiger partial charge in [0, 0.05) is 6.54 Å². The minimum absolute atomic E-state index is 0.188. The maximum Gasteiger partial charge on any atom is 0.408 e. The van der Waals surface area contributed by atoms with Crippen molar-refractivity contribution in [3.05, 3.63) is 63.7 Å². The molecule has 4 N–H and O–H groups in total. The van der Waals surface area contributed by atoms with E-state index in [1.54, 1.807) is 39.0 Å². The predicted octanol–water partition coefficient (Wildman–Crippen LogP) is 5.34. The van der Waals surface area contributed by atoms with Crippen molar-refractivity contribution < 1.29 is 23.9 Å². The zero-order chi connectivity index (χ0) is 30.2. The van der Waals surface area contributed by atoms with Crippen LogP contribution in [0.5, 0.6) is 0 Å². The molecule has 40 heavy (non-hydrogen) atoms. The van der Waals surface area contributed by atoms with Crippen molar-refractivity contribution in [1.82, 2.24) is 10.2 Å². The van der Waals surface area contributed by atoms with Crippen molar-refractivity contribution in [2.24, 2.45) is 5.73 Å². The highest BCUT2D eigenvalue weighted by molar-refractivity contribution is 6.34. The van der Waals surface area contributed by atoms with Gasteiger partial charge in [0.2, 0.25) is 11.8 Å². The average Bonchev–Trinajstić information content (AvgIpc) is 2.83. The van der Waals surface area contributed by atoms with Crippen LogP contribution in [-0.4, -0.2) is 46.9 Å². The number of para-hydroxylation sites is 1. The molecule has 2 rings (SSSR count). The summed E-state index contributed by atoms with van der Waals surface area (Å²) in [5.74, 6) is -1.91. The van der Waals surface area contributed by atoms with E-state index in [1.165, 1.54) is 4.90 Å². The molecule has 0 aliphatic rings. The minimum Gasteiger partial charge on any atom is -0.444 e. The Labute approximate surface area is 241 Å². The number of nitrogens with two attached hydrogens (primary N) is 1. The Morgan fingerprint density at radius 3 is 2.25 bits per heavy atom. The summed E-state index contributed by atoms with van der Waals surface area (Å²) < 4.78 is 5.32. The number of carbonyl (C=O) groups excluding carboxylic acids is 4. The number of carbonyl (C=O) groups is 4. The standard InChI is InChI=1S/C30H41ClN4O5/c1-8-9-15-35(28(38)23(17-24(32)36)33-29(39)40-30(5,6)7)26(21-14-13-18(2)20(4)16-21)27(37)34-25-19(3)11-10-12-22(25)31/h10-14,16,23,26H,8-9,15,17H2,1-7H3,(H2,32,36)(H,33,39)(H,34,37). The maximum atomic E-state index is 14.1. The fourth-order valence-electron chi connectivity index (χ4n) is 4.14. The molecule has 0 bridgehead atoms. The number of unbranched alkanes of at least 4 members (excludes halogenated alkanes) is 1. The monoisotopic (exact) mass is 572 g/mol. The lowest BCUT2D eigenvalue weighted by Crippen LogP contribution is -2.53. The van der Waals surface area contributed by atoms with Crippen LogP contribution in [0.25, 0.3) is 0 Å². The molecule has 0 aromatic heterocycles. The number of ether oxygens (including phenoxy) is 1. The summed E-state index contributed by atoms with van der Waals surface area (Å²) in [6.07, 6.45) is -0.0389. The topological polar surface area (TPSA) is 131 Å². The number of nitrogens with one attached hydrogen (secondary N) is 2. The molecule has 0 heterocycles. The van der Waals surface area contributed by atoms with Crippen molar-refractivity contribution in [2.45, 2.75) is 85.4 Å². The number of nitrogens with zero attached hydrogens (tertiary/aromatic N) is 1. The smallest absolute Gasteiger partial charge is 0.408 e. The molecule has 2 aromatic carbocycles. The zero-order valence-electron chi connectivity index (χ0n) is 24.4. The number of benzene rings is 2.